The summed E-state index contributed by atoms with van der Waals surface area (Å²) in [6.07, 6.45) is 1.16. The highest BCUT2D eigenvalue weighted by Crippen LogP contribution is 2.21. The van der Waals surface area contributed by atoms with Crippen molar-refractivity contribution >= 4 is 33.6 Å². The van der Waals surface area contributed by atoms with Gasteiger partial charge in [-0.3, -0.25) is 0 Å². The Bertz CT molecular complexity index is 518. The average Bonchev–Trinajstić information content (AvgIpc) is 2.39. The van der Waals surface area contributed by atoms with E-state index < -0.39 is 18.0 Å². The minimum atomic E-state index is -1.02. The molecule has 21 heavy (non-hydrogen) atoms. The Morgan fingerprint density at radius 2 is 2.00 bits per heavy atom. The van der Waals surface area contributed by atoms with Crippen molar-refractivity contribution in [2.45, 2.75) is 39.7 Å². The molecule has 0 heterocycles. The first-order valence-electron chi connectivity index (χ1n) is 6.92. The Morgan fingerprint density at radius 1 is 1.33 bits per heavy atom. The van der Waals surface area contributed by atoms with Crippen molar-refractivity contribution in [2.75, 3.05) is 5.32 Å². The Morgan fingerprint density at radius 3 is 2.52 bits per heavy atom. The molecular weight excluding hydrogens is 336 g/mol. The first kappa shape index (κ1) is 17.5. The van der Waals surface area contributed by atoms with Crippen molar-refractivity contribution in [3.8, 4) is 0 Å². The third kappa shape index (κ3) is 5.75. The molecule has 1 atom stereocenters. The maximum absolute atomic E-state index is 12.0. The molecule has 5 nitrogen and oxygen atoms in total. The van der Waals surface area contributed by atoms with Crippen LogP contribution in [0.25, 0.3) is 0 Å². The van der Waals surface area contributed by atoms with Gasteiger partial charge in [-0.1, -0.05) is 36.7 Å². The van der Waals surface area contributed by atoms with E-state index in [1.165, 1.54) is 0 Å². The zero-order chi connectivity index (χ0) is 16.0. The molecular formula is C15H21BrN2O3. The van der Waals surface area contributed by atoms with Crippen molar-refractivity contribution in [3.05, 3.63) is 28.2 Å². The van der Waals surface area contributed by atoms with E-state index in [9.17, 15) is 9.59 Å². The Balaban J connectivity index is 2.74. The van der Waals surface area contributed by atoms with Gasteiger partial charge in [0, 0.05) is 10.2 Å². The number of anilines is 1. The van der Waals surface area contributed by atoms with Gasteiger partial charge in [0.1, 0.15) is 6.04 Å². The molecule has 0 saturated heterocycles. The molecule has 116 valence electrons. The lowest BCUT2D eigenvalue weighted by atomic mass is 10.0. The second-order valence-corrected chi connectivity index (χ2v) is 6.19. The van der Waals surface area contributed by atoms with Gasteiger partial charge in [-0.2, -0.15) is 0 Å². The molecule has 0 aromatic heterocycles. The lowest BCUT2D eigenvalue weighted by Crippen LogP contribution is -2.43. The molecule has 0 saturated carbocycles. The molecule has 2 amide bonds. The van der Waals surface area contributed by atoms with Crippen LogP contribution in [0.5, 0.6) is 0 Å². The van der Waals surface area contributed by atoms with Gasteiger partial charge in [-0.05, 0) is 42.5 Å². The first-order chi connectivity index (χ1) is 9.83. The highest BCUT2D eigenvalue weighted by Gasteiger charge is 2.21. The predicted octanol–water partition coefficient (Wildman–Crippen LogP) is 3.63. The quantitative estimate of drug-likeness (QED) is 0.727. The fourth-order valence-corrected chi connectivity index (χ4v) is 2.39. The van der Waals surface area contributed by atoms with Crippen molar-refractivity contribution in [1.29, 1.82) is 0 Å². The van der Waals surface area contributed by atoms with Gasteiger partial charge in [-0.15, -0.1) is 0 Å². The molecule has 0 fully saturated rings. The number of aryl methyl sites for hydroxylation is 1. The topological polar surface area (TPSA) is 78.4 Å². The smallest absolute Gasteiger partial charge is 0.326 e. The van der Waals surface area contributed by atoms with E-state index in [0.29, 0.717) is 12.1 Å². The van der Waals surface area contributed by atoms with E-state index in [0.717, 1.165) is 16.5 Å². The van der Waals surface area contributed by atoms with Crippen LogP contribution in [0, 0.1) is 5.92 Å². The number of urea groups is 1. The number of benzene rings is 1. The SMILES string of the molecule is CCc1cc(Br)ccc1NC(=O)N[C@@H](CC(C)C)C(=O)O. The summed E-state index contributed by atoms with van der Waals surface area (Å²) in [6, 6.07) is 4.17. The summed E-state index contributed by atoms with van der Waals surface area (Å²) in [4.78, 5) is 23.1. The second-order valence-electron chi connectivity index (χ2n) is 5.27. The molecule has 0 radical (unpaired) electrons. The number of carbonyl (C=O) groups is 2. The molecule has 0 aliphatic rings. The van der Waals surface area contributed by atoms with Crippen molar-refractivity contribution < 1.29 is 14.7 Å². The number of nitrogens with one attached hydrogen (secondary N) is 2. The van der Waals surface area contributed by atoms with Crippen molar-refractivity contribution in [3.63, 3.8) is 0 Å². The lowest BCUT2D eigenvalue weighted by molar-refractivity contribution is -0.139. The minimum absolute atomic E-state index is 0.185. The summed E-state index contributed by atoms with van der Waals surface area (Å²) < 4.78 is 0.938. The van der Waals surface area contributed by atoms with Gasteiger partial charge in [0.05, 0.1) is 0 Å². The summed E-state index contributed by atoms with van der Waals surface area (Å²) in [5.74, 6) is -0.837. The molecule has 0 unspecified atom stereocenters. The maximum atomic E-state index is 12.0. The van der Waals surface area contributed by atoms with Crippen LogP contribution >= 0.6 is 15.9 Å². The van der Waals surface area contributed by atoms with Crippen molar-refractivity contribution in [1.82, 2.24) is 5.32 Å². The van der Waals surface area contributed by atoms with Crippen molar-refractivity contribution in [2.24, 2.45) is 5.92 Å². The molecule has 0 aliphatic carbocycles. The van der Waals surface area contributed by atoms with Crippen LogP contribution in [0.15, 0.2) is 22.7 Å². The number of rotatable bonds is 6. The molecule has 0 bridgehead atoms. The van der Waals surface area contributed by atoms with E-state index in [4.69, 9.17) is 5.11 Å². The van der Waals surface area contributed by atoms with E-state index in [2.05, 4.69) is 26.6 Å². The maximum Gasteiger partial charge on any atom is 0.326 e. The van der Waals surface area contributed by atoms with E-state index in [1.807, 2.05) is 32.9 Å². The van der Waals surface area contributed by atoms with Gasteiger partial charge < -0.3 is 15.7 Å². The standard InChI is InChI=1S/C15H21BrN2O3/c1-4-10-8-11(16)5-6-12(10)17-15(21)18-13(14(19)20)7-9(2)3/h5-6,8-9,13H,4,7H2,1-3H3,(H,19,20)(H2,17,18,21)/t13-/m0/s1. The van der Waals surface area contributed by atoms with Crippen LogP contribution in [0.1, 0.15) is 32.8 Å². The van der Waals surface area contributed by atoms with Crippen LogP contribution in [0.4, 0.5) is 10.5 Å². The summed E-state index contributed by atoms with van der Waals surface area (Å²) in [6.45, 7) is 5.82. The van der Waals surface area contributed by atoms with E-state index in [1.54, 1.807) is 6.07 Å². The third-order valence-electron chi connectivity index (χ3n) is 3.01. The summed E-state index contributed by atoms with van der Waals surface area (Å²) in [5, 5.41) is 14.3. The Hall–Kier alpha value is -1.56. The van der Waals surface area contributed by atoms with Gasteiger partial charge in [0.15, 0.2) is 0 Å². The molecule has 1 rings (SSSR count). The van der Waals surface area contributed by atoms with Crippen LogP contribution in [0.2, 0.25) is 0 Å². The first-order valence-corrected chi connectivity index (χ1v) is 7.71. The predicted molar refractivity (Wildman–Crippen MR) is 86.6 cm³/mol. The fourth-order valence-electron chi connectivity index (χ4n) is 1.99. The zero-order valence-corrected chi connectivity index (χ0v) is 14.0. The molecule has 6 heteroatoms. The Kier molecular flexibility index (Phi) is 6.68. The summed E-state index contributed by atoms with van der Waals surface area (Å²) in [7, 11) is 0. The summed E-state index contributed by atoms with van der Waals surface area (Å²) >= 11 is 3.38. The molecule has 0 spiro atoms. The van der Waals surface area contributed by atoms with E-state index in [-0.39, 0.29) is 5.92 Å². The number of carboxylic acids is 1. The second kappa shape index (κ2) is 8.02. The monoisotopic (exact) mass is 356 g/mol. The number of hydrogen-bond acceptors (Lipinski definition) is 2. The van der Waals surface area contributed by atoms with Crippen LogP contribution in [-0.2, 0) is 11.2 Å². The van der Waals surface area contributed by atoms with E-state index >= 15 is 0 Å². The fraction of sp³-hybridized carbons (Fsp3) is 0.467. The lowest BCUT2D eigenvalue weighted by Gasteiger charge is -2.18. The van der Waals surface area contributed by atoms with Crippen LogP contribution < -0.4 is 10.6 Å². The largest absolute Gasteiger partial charge is 0.480 e. The van der Waals surface area contributed by atoms with Gasteiger partial charge in [0.2, 0.25) is 0 Å². The van der Waals surface area contributed by atoms with Gasteiger partial charge in [-0.25, -0.2) is 9.59 Å². The van der Waals surface area contributed by atoms with Gasteiger partial charge >= 0.3 is 12.0 Å². The molecule has 1 aromatic rings. The number of halogens is 1. The molecule has 1 aromatic carbocycles. The van der Waals surface area contributed by atoms with Gasteiger partial charge in [0.25, 0.3) is 0 Å². The molecule has 3 N–H and O–H groups in total. The zero-order valence-electron chi connectivity index (χ0n) is 12.4. The highest BCUT2D eigenvalue weighted by atomic mass is 79.9. The average molecular weight is 357 g/mol. The number of carboxylic acid groups (broad SMARTS) is 1. The number of aliphatic carboxylic acids is 1. The number of carbonyl (C=O) groups excluding carboxylic acids is 1. The van der Waals surface area contributed by atoms with Crippen LogP contribution in [-0.4, -0.2) is 23.1 Å². The number of hydrogen-bond donors (Lipinski definition) is 3. The minimum Gasteiger partial charge on any atom is -0.480 e. The van der Waals surface area contributed by atoms with Crippen LogP contribution in [0.3, 0.4) is 0 Å². The Labute approximate surface area is 133 Å². The highest BCUT2D eigenvalue weighted by molar-refractivity contribution is 9.10. The summed E-state index contributed by atoms with van der Waals surface area (Å²) in [5.41, 5.74) is 1.67. The normalized spacial score (nSPS) is 12.0. The third-order valence-corrected chi connectivity index (χ3v) is 3.50. The number of amides is 2. The molecule has 0 aliphatic heterocycles.